The van der Waals surface area contributed by atoms with Crippen molar-refractivity contribution in [3.63, 3.8) is 0 Å². The number of benzene rings is 1. The number of ether oxygens (including phenoxy) is 1. The molecule has 0 fully saturated rings. The molecule has 1 aromatic heterocycles. The molecule has 92 valence electrons. The molecule has 0 saturated carbocycles. The number of hydrogen-bond donors (Lipinski definition) is 1. The second kappa shape index (κ2) is 4.67. The topological polar surface area (TPSA) is 59.0 Å². The quantitative estimate of drug-likeness (QED) is 0.903. The summed E-state index contributed by atoms with van der Waals surface area (Å²) in [6.45, 7) is 1.82. The maximum Gasteiger partial charge on any atom is 0.165 e. The van der Waals surface area contributed by atoms with Gasteiger partial charge in [-0.1, -0.05) is 0 Å². The van der Waals surface area contributed by atoms with Gasteiger partial charge in [-0.3, -0.25) is 0 Å². The third-order valence-corrected chi connectivity index (χ3v) is 3.97. The van der Waals surface area contributed by atoms with Crippen LogP contribution in [0, 0.1) is 24.1 Å². The van der Waals surface area contributed by atoms with E-state index in [4.69, 9.17) is 15.7 Å². The highest BCUT2D eigenvalue weighted by atomic mass is 32.1. The molecule has 0 saturated heterocycles. The van der Waals surface area contributed by atoms with Gasteiger partial charge >= 0.3 is 0 Å². The van der Waals surface area contributed by atoms with E-state index in [1.165, 1.54) is 24.5 Å². The number of hydrogen-bond acceptors (Lipinski definition) is 4. The minimum Gasteiger partial charge on any atom is -0.494 e. The number of nitrogens with zero attached hydrogens (tertiary/aromatic N) is 1. The van der Waals surface area contributed by atoms with Crippen molar-refractivity contribution in [1.82, 2.24) is 0 Å². The molecule has 0 bridgehead atoms. The van der Waals surface area contributed by atoms with Crippen LogP contribution >= 0.6 is 11.3 Å². The van der Waals surface area contributed by atoms with Crippen LogP contribution in [-0.4, -0.2) is 7.11 Å². The SMILES string of the molecule is COc1ccc(-c2sc(C#N)c(N)c2C)cc1F. The van der Waals surface area contributed by atoms with Crippen molar-refractivity contribution in [1.29, 1.82) is 5.26 Å². The Bertz CT molecular complexity index is 643. The smallest absolute Gasteiger partial charge is 0.165 e. The summed E-state index contributed by atoms with van der Waals surface area (Å²) in [5.41, 5.74) is 7.79. The second-order valence-corrected chi connectivity index (χ2v) is 4.78. The van der Waals surface area contributed by atoms with Gasteiger partial charge in [-0.15, -0.1) is 11.3 Å². The van der Waals surface area contributed by atoms with Gasteiger partial charge in [-0.25, -0.2) is 4.39 Å². The van der Waals surface area contributed by atoms with E-state index in [0.29, 0.717) is 16.1 Å². The number of thiophene rings is 1. The average molecular weight is 262 g/mol. The van der Waals surface area contributed by atoms with E-state index in [-0.39, 0.29) is 5.75 Å². The summed E-state index contributed by atoms with van der Waals surface area (Å²) in [5, 5.41) is 8.93. The molecular weight excluding hydrogens is 251 g/mol. The van der Waals surface area contributed by atoms with Crippen molar-refractivity contribution < 1.29 is 9.13 Å². The Balaban J connectivity index is 2.56. The first-order chi connectivity index (χ1) is 8.58. The summed E-state index contributed by atoms with van der Waals surface area (Å²) in [7, 11) is 1.42. The lowest BCUT2D eigenvalue weighted by atomic mass is 10.1. The molecule has 0 aliphatic heterocycles. The Morgan fingerprint density at radius 1 is 1.44 bits per heavy atom. The van der Waals surface area contributed by atoms with Gasteiger partial charge in [-0.05, 0) is 36.2 Å². The zero-order valence-corrected chi connectivity index (χ0v) is 10.8. The average Bonchev–Trinajstić information content (AvgIpc) is 2.66. The van der Waals surface area contributed by atoms with Gasteiger partial charge in [0.2, 0.25) is 0 Å². The van der Waals surface area contributed by atoms with Crippen LogP contribution in [0.2, 0.25) is 0 Å². The van der Waals surface area contributed by atoms with Crippen LogP contribution in [0.25, 0.3) is 10.4 Å². The molecule has 0 aliphatic carbocycles. The van der Waals surface area contributed by atoms with Crippen molar-refractivity contribution in [3.05, 3.63) is 34.5 Å². The fourth-order valence-electron chi connectivity index (χ4n) is 1.69. The van der Waals surface area contributed by atoms with Crippen LogP contribution in [0.1, 0.15) is 10.4 Å². The first kappa shape index (κ1) is 12.4. The molecule has 0 aliphatic rings. The Morgan fingerprint density at radius 3 is 2.67 bits per heavy atom. The summed E-state index contributed by atoms with van der Waals surface area (Å²) in [5.74, 6) is -0.235. The molecule has 1 aromatic carbocycles. The predicted molar refractivity (Wildman–Crippen MR) is 70.1 cm³/mol. The zero-order chi connectivity index (χ0) is 13.3. The number of anilines is 1. The van der Waals surface area contributed by atoms with E-state index < -0.39 is 5.82 Å². The second-order valence-electron chi connectivity index (χ2n) is 3.76. The van der Waals surface area contributed by atoms with E-state index >= 15 is 0 Å². The lowest BCUT2D eigenvalue weighted by Crippen LogP contribution is -1.89. The molecule has 0 atom stereocenters. The number of nitriles is 1. The standard InChI is InChI=1S/C13H11FN2OS/c1-7-12(16)11(6-15)18-13(7)8-3-4-10(17-2)9(14)5-8/h3-5H,16H2,1-2H3. The Morgan fingerprint density at radius 2 is 2.17 bits per heavy atom. The van der Waals surface area contributed by atoms with E-state index in [2.05, 4.69) is 0 Å². The van der Waals surface area contributed by atoms with Crippen LogP contribution < -0.4 is 10.5 Å². The summed E-state index contributed by atoms with van der Waals surface area (Å²) < 4.78 is 18.5. The van der Waals surface area contributed by atoms with Crippen molar-refractivity contribution >= 4 is 17.0 Å². The van der Waals surface area contributed by atoms with Gasteiger partial charge in [-0.2, -0.15) is 5.26 Å². The molecule has 0 unspecified atom stereocenters. The highest BCUT2D eigenvalue weighted by molar-refractivity contribution is 7.16. The first-order valence-electron chi connectivity index (χ1n) is 5.21. The van der Waals surface area contributed by atoms with E-state index in [1.54, 1.807) is 12.1 Å². The number of methoxy groups -OCH3 is 1. The summed E-state index contributed by atoms with van der Waals surface area (Å²) in [4.78, 5) is 1.27. The highest BCUT2D eigenvalue weighted by Gasteiger charge is 2.15. The number of nitrogen functional groups attached to an aromatic ring is 1. The van der Waals surface area contributed by atoms with Crippen LogP contribution in [0.5, 0.6) is 5.75 Å². The minimum absolute atomic E-state index is 0.196. The predicted octanol–water partition coefficient (Wildman–Crippen LogP) is 3.33. The van der Waals surface area contributed by atoms with Gasteiger partial charge in [0.25, 0.3) is 0 Å². The molecule has 3 nitrogen and oxygen atoms in total. The summed E-state index contributed by atoms with van der Waals surface area (Å²) >= 11 is 1.27. The van der Waals surface area contributed by atoms with Crippen LogP contribution in [0.3, 0.4) is 0 Å². The molecule has 0 spiro atoms. The molecule has 18 heavy (non-hydrogen) atoms. The highest BCUT2D eigenvalue weighted by Crippen LogP contribution is 2.38. The molecule has 2 aromatic rings. The molecule has 0 amide bonds. The third-order valence-electron chi connectivity index (χ3n) is 2.71. The molecule has 2 N–H and O–H groups in total. The van der Waals surface area contributed by atoms with Crippen LogP contribution in [0.4, 0.5) is 10.1 Å². The van der Waals surface area contributed by atoms with Gasteiger partial charge < -0.3 is 10.5 Å². The maximum atomic E-state index is 13.6. The van der Waals surface area contributed by atoms with E-state index in [9.17, 15) is 4.39 Å². The third kappa shape index (κ3) is 1.91. The van der Waals surface area contributed by atoms with Crippen LogP contribution in [0.15, 0.2) is 18.2 Å². The lowest BCUT2D eigenvalue weighted by Gasteiger charge is -2.04. The van der Waals surface area contributed by atoms with Gasteiger partial charge in [0.15, 0.2) is 11.6 Å². The molecule has 5 heteroatoms. The molecular formula is C13H11FN2OS. The van der Waals surface area contributed by atoms with E-state index in [0.717, 1.165) is 10.4 Å². The Kier molecular flexibility index (Phi) is 3.21. The fraction of sp³-hybridized carbons (Fsp3) is 0.154. The largest absolute Gasteiger partial charge is 0.494 e. The monoisotopic (exact) mass is 262 g/mol. The first-order valence-corrected chi connectivity index (χ1v) is 6.03. The normalized spacial score (nSPS) is 10.1. The molecule has 2 rings (SSSR count). The maximum absolute atomic E-state index is 13.6. The van der Waals surface area contributed by atoms with Gasteiger partial charge in [0.05, 0.1) is 12.8 Å². The zero-order valence-electron chi connectivity index (χ0n) is 9.95. The Labute approximate surface area is 108 Å². The van der Waals surface area contributed by atoms with Crippen molar-refractivity contribution in [2.75, 3.05) is 12.8 Å². The van der Waals surface area contributed by atoms with Crippen molar-refractivity contribution in [3.8, 4) is 22.3 Å². The number of nitrogens with two attached hydrogens (primary N) is 1. The van der Waals surface area contributed by atoms with Crippen molar-refractivity contribution in [2.24, 2.45) is 0 Å². The lowest BCUT2D eigenvalue weighted by molar-refractivity contribution is 0.386. The minimum atomic E-state index is -0.431. The fourth-order valence-corrected chi connectivity index (χ4v) is 2.71. The summed E-state index contributed by atoms with van der Waals surface area (Å²) in [6, 6.07) is 6.74. The van der Waals surface area contributed by atoms with Gasteiger partial charge in [0, 0.05) is 4.88 Å². The van der Waals surface area contributed by atoms with E-state index in [1.807, 2.05) is 13.0 Å². The molecule has 1 heterocycles. The molecule has 0 radical (unpaired) electrons. The number of rotatable bonds is 2. The van der Waals surface area contributed by atoms with Gasteiger partial charge in [0.1, 0.15) is 10.9 Å². The van der Waals surface area contributed by atoms with Crippen LogP contribution in [-0.2, 0) is 0 Å². The summed E-state index contributed by atoms with van der Waals surface area (Å²) in [6.07, 6.45) is 0. The Hall–Kier alpha value is -2.06. The van der Waals surface area contributed by atoms with Crippen molar-refractivity contribution in [2.45, 2.75) is 6.92 Å². The number of halogens is 1.